The summed E-state index contributed by atoms with van der Waals surface area (Å²) in [6.45, 7) is 0.354. The molecule has 0 heterocycles. The highest BCUT2D eigenvalue weighted by molar-refractivity contribution is 14.1. The summed E-state index contributed by atoms with van der Waals surface area (Å²) >= 11 is 8.19. The van der Waals surface area contributed by atoms with Crippen LogP contribution in [0.4, 0.5) is 5.69 Å². The van der Waals surface area contributed by atoms with Gasteiger partial charge in [0.15, 0.2) is 0 Å². The third-order valence-electron chi connectivity index (χ3n) is 2.33. The molecule has 1 aromatic carbocycles. The summed E-state index contributed by atoms with van der Waals surface area (Å²) in [5.74, 6) is -0.0463. The van der Waals surface area contributed by atoms with Crippen LogP contribution in [0.25, 0.3) is 0 Å². The van der Waals surface area contributed by atoms with Gasteiger partial charge in [-0.2, -0.15) is 0 Å². The number of benzene rings is 1. The van der Waals surface area contributed by atoms with E-state index in [-0.39, 0.29) is 5.91 Å². The number of carbonyl (C=O) groups excluding carboxylic acids is 1. The molecule has 1 saturated carbocycles. The number of hydrogen-bond donors (Lipinski definition) is 2. The van der Waals surface area contributed by atoms with Gasteiger partial charge in [0, 0.05) is 9.61 Å². The predicted molar refractivity (Wildman–Crippen MR) is 73.8 cm³/mol. The lowest BCUT2D eigenvalue weighted by molar-refractivity contribution is -0.115. The highest BCUT2D eigenvalue weighted by Gasteiger charge is 2.21. The average Bonchev–Trinajstić information content (AvgIpc) is 3.03. The molecule has 2 N–H and O–H groups in total. The fourth-order valence-corrected chi connectivity index (χ4v) is 2.21. The topological polar surface area (TPSA) is 41.1 Å². The molecule has 86 valence electrons. The molecule has 3 nitrogen and oxygen atoms in total. The van der Waals surface area contributed by atoms with Crippen LogP contribution in [-0.4, -0.2) is 18.5 Å². The van der Waals surface area contributed by atoms with Gasteiger partial charge in [0.2, 0.25) is 5.91 Å². The molecule has 0 atom stereocenters. The molecule has 16 heavy (non-hydrogen) atoms. The van der Waals surface area contributed by atoms with Crippen LogP contribution in [0, 0.1) is 3.57 Å². The summed E-state index contributed by atoms with van der Waals surface area (Å²) in [5.41, 5.74) is 0.671. The van der Waals surface area contributed by atoms with Gasteiger partial charge in [0.25, 0.3) is 0 Å². The lowest BCUT2D eigenvalue weighted by Crippen LogP contribution is -2.29. The van der Waals surface area contributed by atoms with Crippen LogP contribution < -0.4 is 10.6 Å². The Balaban J connectivity index is 1.89. The van der Waals surface area contributed by atoms with Crippen molar-refractivity contribution >= 4 is 45.8 Å². The number of amides is 1. The van der Waals surface area contributed by atoms with Crippen molar-refractivity contribution in [1.29, 1.82) is 0 Å². The van der Waals surface area contributed by atoms with Gasteiger partial charge in [0.1, 0.15) is 0 Å². The fourth-order valence-electron chi connectivity index (χ4n) is 1.31. The van der Waals surface area contributed by atoms with Crippen molar-refractivity contribution in [1.82, 2.24) is 5.32 Å². The molecule has 1 amide bonds. The lowest BCUT2D eigenvalue weighted by Gasteiger charge is -2.07. The Bertz CT molecular complexity index is 407. The largest absolute Gasteiger partial charge is 0.324 e. The monoisotopic (exact) mass is 350 g/mol. The average molecular weight is 351 g/mol. The minimum atomic E-state index is -0.0463. The third-order valence-corrected chi connectivity index (χ3v) is 3.32. The third kappa shape index (κ3) is 3.61. The van der Waals surface area contributed by atoms with Crippen molar-refractivity contribution in [2.75, 3.05) is 11.9 Å². The standard InChI is InChI=1S/C11H12ClIN2O/c12-9-5-7(13)1-4-10(9)15-11(16)6-14-8-2-3-8/h1,4-5,8,14H,2-3,6H2,(H,15,16). The van der Waals surface area contributed by atoms with E-state index in [1.165, 1.54) is 12.8 Å². The van der Waals surface area contributed by atoms with E-state index in [2.05, 4.69) is 33.2 Å². The normalized spacial score (nSPS) is 14.9. The molecular formula is C11H12ClIN2O. The van der Waals surface area contributed by atoms with Crippen molar-refractivity contribution in [3.05, 3.63) is 26.8 Å². The number of rotatable bonds is 4. The highest BCUT2D eigenvalue weighted by Crippen LogP contribution is 2.23. The molecule has 0 spiro atoms. The molecule has 1 aromatic rings. The van der Waals surface area contributed by atoms with E-state index in [1.54, 1.807) is 0 Å². The Morgan fingerprint density at radius 3 is 2.88 bits per heavy atom. The zero-order valence-electron chi connectivity index (χ0n) is 8.59. The summed E-state index contributed by atoms with van der Waals surface area (Å²) in [6.07, 6.45) is 2.36. The van der Waals surface area contributed by atoms with Gasteiger partial charge < -0.3 is 10.6 Å². The number of anilines is 1. The maximum absolute atomic E-state index is 11.5. The first-order valence-electron chi connectivity index (χ1n) is 5.13. The summed E-state index contributed by atoms with van der Waals surface area (Å²) < 4.78 is 1.05. The van der Waals surface area contributed by atoms with Crippen LogP contribution in [0.1, 0.15) is 12.8 Å². The summed E-state index contributed by atoms with van der Waals surface area (Å²) in [5, 5.41) is 6.51. The molecule has 0 saturated heterocycles. The van der Waals surface area contributed by atoms with E-state index in [9.17, 15) is 4.79 Å². The Morgan fingerprint density at radius 2 is 2.25 bits per heavy atom. The van der Waals surface area contributed by atoms with Gasteiger partial charge in [-0.05, 0) is 53.6 Å². The van der Waals surface area contributed by atoms with Crippen molar-refractivity contribution in [3.63, 3.8) is 0 Å². The van der Waals surface area contributed by atoms with E-state index >= 15 is 0 Å². The maximum Gasteiger partial charge on any atom is 0.238 e. The molecule has 2 rings (SSSR count). The smallest absolute Gasteiger partial charge is 0.238 e. The van der Waals surface area contributed by atoms with Gasteiger partial charge in [-0.15, -0.1) is 0 Å². The van der Waals surface area contributed by atoms with Crippen LogP contribution in [0.3, 0.4) is 0 Å². The van der Waals surface area contributed by atoms with Gasteiger partial charge in [-0.3, -0.25) is 4.79 Å². The highest BCUT2D eigenvalue weighted by atomic mass is 127. The molecule has 0 aliphatic heterocycles. The maximum atomic E-state index is 11.5. The quantitative estimate of drug-likeness (QED) is 0.820. The predicted octanol–water partition coefficient (Wildman–Crippen LogP) is 2.64. The zero-order chi connectivity index (χ0) is 11.5. The molecule has 0 unspecified atom stereocenters. The van der Waals surface area contributed by atoms with Gasteiger partial charge >= 0.3 is 0 Å². The van der Waals surface area contributed by atoms with E-state index in [1.807, 2.05) is 18.2 Å². The van der Waals surface area contributed by atoms with E-state index in [4.69, 9.17) is 11.6 Å². The second-order valence-electron chi connectivity index (χ2n) is 3.83. The molecular weight excluding hydrogens is 338 g/mol. The van der Waals surface area contributed by atoms with Crippen LogP contribution in [0.5, 0.6) is 0 Å². The van der Waals surface area contributed by atoms with Crippen molar-refractivity contribution in [2.24, 2.45) is 0 Å². The summed E-state index contributed by atoms with van der Waals surface area (Å²) in [7, 11) is 0. The van der Waals surface area contributed by atoms with Crippen LogP contribution >= 0.6 is 34.2 Å². The molecule has 0 radical (unpaired) electrons. The Morgan fingerprint density at radius 1 is 1.50 bits per heavy atom. The summed E-state index contributed by atoms with van der Waals surface area (Å²) in [4.78, 5) is 11.5. The van der Waals surface area contributed by atoms with Crippen LogP contribution in [-0.2, 0) is 4.79 Å². The van der Waals surface area contributed by atoms with E-state index in [0.717, 1.165) is 3.57 Å². The van der Waals surface area contributed by atoms with Crippen molar-refractivity contribution in [2.45, 2.75) is 18.9 Å². The van der Waals surface area contributed by atoms with Crippen molar-refractivity contribution in [3.8, 4) is 0 Å². The first-order chi connectivity index (χ1) is 7.65. The van der Waals surface area contributed by atoms with Gasteiger partial charge in [-0.1, -0.05) is 11.6 Å². The molecule has 1 aliphatic carbocycles. The Hall–Kier alpha value is -0.330. The number of nitrogens with one attached hydrogen (secondary N) is 2. The minimum absolute atomic E-state index is 0.0463. The molecule has 0 bridgehead atoms. The van der Waals surface area contributed by atoms with Gasteiger partial charge in [0.05, 0.1) is 17.3 Å². The number of carbonyl (C=O) groups is 1. The Labute approximate surface area is 113 Å². The molecule has 1 aliphatic rings. The number of halogens is 2. The van der Waals surface area contributed by atoms with Crippen LogP contribution in [0.15, 0.2) is 18.2 Å². The fraction of sp³-hybridized carbons (Fsp3) is 0.364. The summed E-state index contributed by atoms with van der Waals surface area (Å²) in [6, 6.07) is 6.10. The molecule has 1 fully saturated rings. The van der Waals surface area contributed by atoms with Crippen molar-refractivity contribution < 1.29 is 4.79 Å². The molecule has 5 heteroatoms. The van der Waals surface area contributed by atoms with Gasteiger partial charge in [-0.25, -0.2) is 0 Å². The first-order valence-corrected chi connectivity index (χ1v) is 6.59. The lowest BCUT2D eigenvalue weighted by atomic mass is 10.3. The van der Waals surface area contributed by atoms with E-state index in [0.29, 0.717) is 23.3 Å². The van der Waals surface area contributed by atoms with E-state index < -0.39 is 0 Å². The minimum Gasteiger partial charge on any atom is -0.324 e. The number of hydrogen-bond acceptors (Lipinski definition) is 2. The second-order valence-corrected chi connectivity index (χ2v) is 5.48. The van der Waals surface area contributed by atoms with Crippen LogP contribution in [0.2, 0.25) is 5.02 Å². The second kappa shape index (κ2) is 5.33. The first kappa shape index (κ1) is 12.1. The zero-order valence-corrected chi connectivity index (χ0v) is 11.5. The Kier molecular flexibility index (Phi) is 4.05. The SMILES string of the molecule is O=C(CNC1CC1)Nc1ccc(I)cc1Cl. The molecule has 0 aromatic heterocycles.